The van der Waals surface area contributed by atoms with Gasteiger partial charge in [-0.2, -0.15) is 0 Å². The highest BCUT2D eigenvalue weighted by molar-refractivity contribution is 5.83. The Morgan fingerprint density at radius 2 is 1.85 bits per heavy atom. The van der Waals surface area contributed by atoms with E-state index >= 15 is 0 Å². The van der Waals surface area contributed by atoms with E-state index in [4.69, 9.17) is 0 Å². The molecule has 0 aromatic carbocycles. The monoisotopic (exact) mass is 374 g/mol. The van der Waals surface area contributed by atoms with Gasteiger partial charge in [0, 0.05) is 11.3 Å². The van der Waals surface area contributed by atoms with Crippen LogP contribution in [0.3, 0.4) is 0 Å². The van der Waals surface area contributed by atoms with Crippen LogP contribution in [-0.4, -0.2) is 12.1 Å². The molecule has 2 nitrogen and oxygen atoms in total. The van der Waals surface area contributed by atoms with Gasteiger partial charge in [-0.05, 0) is 77.0 Å². The van der Waals surface area contributed by atoms with Crippen molar-refractivity contribution in [3.05, 3.63) is 22.8 Å². The highest BCUT2D eigenvalue weighted by Crippen LogP contribution is 2.53. The second-order valence-corrected chi connectivity index (χ2v) is 10.0. The van der Waals surface area contributed by atoms with Gasteiger partial charge in [-0.1, -0.05) is 57.4 Å². The van der Waals surface area contributed by atoms with E-state index in [0.717, 1.165) is 32.0 Å². The molecule has 2 rings (SSSR count). The van der Waals surface area contributed by atoms with Gasteiger partial charge in [0.15, 0.2) is 0 Å². The fraction of sp³-hybridized carbons (Fsp3) is 0.760. The molecule has 2 aliphatic rings. The topological polar surface area (TPSA) is 34.1 Å². The first-order chi connectivity index (χ1) is 12.4. The third-order valence-corrected chi connectivity index (χ3v) is 6.92. The van der Waals surface area contributed by atoms with Crippen molar-refractivity contribution >= 4 is 12.1 Å². The Kier molecular flexibility index (Phi) is 8.70. The van der Waals surface area contributed by atoms with Crippen LogP contribution in [0.15, 0.2) is 22.8 Å². The van der Waals surface area contributed by atoms with E-state index in [-0.39, 0.29) is 11.3 Å². The molecule has 0 fully saturated rings. The van der Waals surface area contributed by atoms with Gasteiger partial charge in [-0.3, -0.25) is 4.79 Å². The molecule has 3 atom stereocenters. The maximum Gasteiger partial charge on any atom is 0.136 e. The van der Waals surface area contributed by atoms with Crippen molar-refractivity contribution in [3.8, 4) is 0 Å². The smallest absolute Gasteiger partial charge is 0.136 e. The third kappa shape index (κ3) is 6.43. The van der Waals surface area contributed by atoms with Crippen molar-refractivity contribution in [2.45, 2.75) is 100 Å². The number of Topliss-reactive ketones (excluding diaryl/α,β-unsaturated/α-hetero) is 1. The summed E-state index contributed by atoms with van der Waals surface area (Å²) in [5.74, 6) is 1.10. The van der Waals surface area contributed by atoms with E-state index in [1.54, 1.807) is 18.1 Å². The first-order valence-electron chi connectivity index (χ1n) is 10.7. The molecule has 0 N–H and O–H groups in total. The second kappa shape index (κ2) is 9.85. The standard InChI is InChI=1S/C16H26O.C9H16O/c1-11-9-13-7-6-8-15(3,4)14(13)10-16(11,5)12(2)17;1-8(2)5-4-6-9(3)7-10/h11H,6-10H2,1-5H3;5,7,9H,4,6H2,1-3H3. The summed E-state index contributed by atoms with van der Waals surface area (Å²) in [5, 5.41) is 0. The van der Waals surface area contributed by atoms with Gasteiger partial charge in [-0.25, -0.2) is 0 Å². The van der Waals surface area contributed by atoms with Crippen LogP contribution in [0.25, 0.3) is 0 Å². The molecule has 0 aliphatic heterocycles. The van der Waals surface area contributed by atoms with E-state index in [1.165, 1.54) is 24.8 Å². The largest absolute Gasteiger partial charge is 0.303 e. The quantitative estimate of drug-likeness (QED) is 0.380. The molecule has 0 saturated carbocycles. The molecular weight excluding hydrogens is 332 g/mol. The summed E-state index contributed by atoms with van der Waals surface area (Å²) >= 11 is 0. The minimum atomic E-state index is -0.118. The molecule has 0 saturated heterocycles. The molecule has 154 valence electrons. The first-order valence-corrected chi connectivity index (χ1v) is 10.7. The molecule has 0 radical (unpaired) electrons. The predicted octanol–water partition coefficient (Wildman–Crippen LogP) is 7.09. The zero-order chi connectivity index (χ0) is 20.8. The Bertz CT molecular complexity index is 589. The van der Waals surface area contributed by atoms with Crippen LogP contribution in [0.2, 0.25) is 0 Å². The highest BCUT2D eigenvalue weighted by atomic mass is 16.1. The van der Waals surface area contributed by atoms with E-state index in [0.29, 0.717) is 17.1 Å². The normalized spacial score (nSPS) is 27.6. The summed E-state index contributed by atoms with van der Waals surface area (Å²) < 4.78 is 0. The van der Waals surface area contributed by atoms with Crippen molar-refractivity contribution in [2.24, 2.45) is 22.7 Å². The van der Waals surface area contributed by atoms with Gasteiger partial charge in [0.05, 0.1) is 0 Å². The number of rotatable bonds is 5. The lowest BCUT2D eigenvalue weighted by Crippen LogP contribution is -2.40. The molecule has 0 heterocycles. The number of carbonyl (C=O) groups excluding carboxylic acids is 2. The summed E-state index contributed by atoms with van der Waals surface area (Å²) in [7, 11) is 0. The maximum absolute atomic E-state index is 12.0. The summed E-state index contributed by atoms with van der Waals surface area (Å²) in [4.78, 5) is 22.2. The zero-order valence-corrected chi connectivity index (χ0v) is 19.1. The van der Waals surface area contributed by atoms with Crippen molar-refractivity contribution in [1.29, 1.82) is 0 Å². The Balaban J connectivity index is 0.000000314. The number of hydrogen-bond acceptors (Lipinski definition) is 2. The summed E-state index contributed by atoms with van der Waals surface area (Å²) in [5.41, 5.74) is 4.82. The fourth-order valence-electron chi connectivity index (χ4n) is 4.42. The van der Waals surface area contributed by atoms with Gasteiger partial charge < -0.3 is 4.79 Å². The van der Waals surface area contributed by atoms with Gasteiger partial charge in [0.2, 0.25) is 0 Å². The molecule has 0 aromatic heterocycles. The number of allylic oxidation sites excluding steroid dienone is 4. The lowest BCUT2D eigenvalue weighted by Gasteiger charge is -2.47. The Labute approximate surface area is 167 Å². The number of carbonyl (C=O) groups is 2. The van der Waals surface area contributed by atoms with E-state index < -0.39 is 0 Å². The highest BCUT2D eigenvalue weighted by Gasteiger charge is 2.45. The van der Waals surface area contributed by atoms with Crippen LogP contribution in [0.4, 0.5) is 0 Å². The SMILES string of the molecule is CC(=O)C1(C)CC2=C(CCCC2(C)C)CC1C.CC(C)=CCCC(C)C=O. The Hall–Kier alpha value is -1.18. The molecule has 0 amide bonds. The molecule has 27 heavy (non-hydrogen) atoms. The molecule has 0 spiro atoms. The Morgan fingerprint density at radius 1 is 1.22 bits per heavy atom. The number of ketones is 1. The van der Waals surface area contributed by atoms with E-state index in [1.807, 2.05) is 6.92 Å². The van der Waals surface area contributed by atoms with Crippen LogP contribution in [-0.2, 0) is 9.59 Å². The fourth-order valence-corrected chi connectivity index (χ4v) is 4.42. The molecular formula is C25H42O2. The molecule has 2 aliphatic carbocycles. The van der Waals surface area contributed by atoms with Crippen molar-refractivity contribution in [2.75, 3.05) is 0 Å². The predicted molar refractivity (Wildman–Crippen MR) is 116 cm³/mol. The lowest BCUT2D eigenvalue weighted by atomic mass is 9.57. The van der Waals surface area contributed by atoms with E-state index in [9.17, 15) is 9.59 Å². The van der Waals surface area contributed by atoms with Gasteiger partial charge >= 0.3 is 0 Å². The number of hydrogen-bond donors (Lipinski definition) is 0. The minimum Gasteiger partial charge on any atom is -0.303 e. The average Bonchev–Trinajstić information content (AvgIpc) is 2.56. The van der Waals surface area contributed by atoms with Crippen molar-refractivity contribution < 1.29 is 9.59 Å². The summed E-state index contributed by atoms with van der Waals surface area (Å²) in [6.45, 7) is 17.0. The van der Waals surface area contributed by atoms with Crippen LogP contribution in [0.1, 0.15) is 100 Å². The van der Waals surface area contributed by atoms with Gasteiger partial charge in [0.25, 0.3) is 0 Å². The Morgan fingerprint density at radius 3 is 2.37 bits per heavy atom. The van der Waals surface area contributed by atoms with Crippen LogP contribution >= 0.6 is 0 Å². The first kappa shape index (κ1) is 23.9. The van der Waals surface area contributed by atoms with E-state index in [2.05, 4.69) is 47.6 Å². The lowest BCUT2D eigenvalue weighted by molar-refractivity contribution is -0.129. The van der Waals surface area contributed by atoms with Crippen LogP contribution < -0.4 is 0 Å². The van der Waals surface area contributed by atoms with Crippen molar-refractivity contribution in [3.63, 3.8) is 0 Å². The maximum atomic E-state index is 12.0. The van der Waals surface area contributed by atoms with Crippen molar-refractivity contribution in [1.82, 2.24) is 0 Å². The molecule has 0 bridgehead atoms. The van der Waals surface area contributed by atoms with Gasteiger partial charge in [-0.15, -0.1) is 0 Å². The molecule has 2 heteroatoms. The molecule has 0 aromatic rings. The molecule has 3 unspecified atom stereocenters. The van der Waals surface area contributed by atoms with Crippen LogP contribution in [0, 0.1) is 22.7 Å². The average molecular weight is 375 g/mol. The summed E-state index contributed by atoms with van der Waals surface area (Å²) in [6.07, 6.45) is 11.2. The van der Waals surface area contributed by atoms with Gasteiger partial charge in [0.1, 0.15) is 12.1 Å². The number of aldehydes is 1. The van der Waals surface area contributed by atoms with Crippen LogP contribution in [0.5, 0.6) is 0 Å². The summed E-state index contributed by atoms with van der Waals surface area (Å²) in [6, 6.07) is 0. The second-order valence-electron chi connectivity index (χ2n) is 10.0. The zero-order valence-electron chi connectivity index (χ0n) is 19.1. The minimum absolute atomic E-state index is 0.118. The third-order valence-electron chi connectivity index (χ3n) is 6.92.